The maximum atomic E-state index is 13.2. The molecule has 2 aromatic carbocycles. The van der Waals surface area contributed by atoms with Crippen LogP contribution >= 0.6 is 47.2 Å². The molecular formula is C25H24Cl2N2O3S2. The molecule has 0 bridgehead atoms. The van der Waals surface area contributed by atoms with Gasteiger partial charge in [0.05, 0.1) is 11.0 Å². The molecule has 2 aliphatic rings. The van der Waals surface area contributed by atoms with Crippen molar-refractivity contribution < 1.29 is 14.3 Å². The molecule has 1 atom stereocenters. The third kappa shape index (κ3) is 6.61. The normalized spacial score (nSPS) is 19.3. The molecule has 2 aromatic rings. The lowest BCUT2D eigenvalue weighted by molar-refractivity contribution is -0.134. The van der Waals surface area contributed by atoms with Crippen LogP contribution in [0.1, 0.15) is 30.4 Å². The molecule has 178 valence electrons. The number of ether oxygens (including phenoxy) is 1. The van der Waals surface area contributed by atoms with Gasteiger partial charge in [0, 0.05) is 42.7 Å². The van der Waals surface area contributed by atoms with Gasteiger partial charge in [-0.25, -0.2) is 0 Å². The molecule has 9 heteroatoms. The van der Waals surface area contributed by atoms with Crippen molar-refractivity contribution in [3.63, 3.8) is 0 Å². The number of halogens is 2. The van der Waals surface area contributed by atoms with Gasteiger partial charge >= 0.3 is 0 Å². The van der Waals surface area contributed by atoms with Crippen LogP contribution in [0, 0.1) is 0 Å². The quantitative estimate of drug-likeness (QED) is 0.316. The Labute approximate surface area is 219 Å². The molecule has 2 aliphatic heterocycles. The lowest BCUT2D eigenvalue weighted by Crippen LogP contribution is -2.39. The van der Waals surface area contributed by atoms with E-state index in [1.807, 2.05) is 36.4 Å². The largest absolute Gasteiger partial charge is 0.376 e. The number of hydrogen-bond acceptors (Lipinski definition) is 5. The summed E-state index contributed by atoms with van der Waals surface area (Å²) in [5.74, 6) is -0.220. The summed E-state index contributed by atoms with van der Waals surface area (Å²) in [6.45, 7) is 1.95. The summed E-state index contributed by atoms with van der Waals surface area (Å²) >= 11 is 18.6. The van der Waals surface area contributed by atoms with Crippen molar-refractivity contribution in [3.05, 3.63) is 74.6 Å². The van der Waals surface area contributed by atoms with Crippen molar-refractivity contribution in [2.45, 2.75) is 31.9 Å². The lowest BCUT2D eigenvalue weighted by atomic mass is 10.1. The van der Waals surface area contributed by atoms with Gasteiger partial charge in [-0.1, -0.05) is 71.4 Å². The van der Waals surface area contributed by atoms with Gasteiger partial charge in [-0.05, 0) is 54.3 Å². The summed E-state index contributed by atoms with van der Waals surface area (Å²) in [6, 6.07) is 14.7. The van der Waals surface area contributed by atoms with Crippen LogP contribution < -0.4 is 0 Å². The Hall–Kier alpha value is -1.90. The van der Waals surface area contributed by atoms with Crippen molar-refractivity contribution >= 4 is 69.4 Å². The SMILES string of the molecule is O=C(CCN1C(=O)/C(=C/c2ccc(Cl)cc2)SC1=S)N(Cc1ccc(Cl)cc1)CC1CCCO1. The number of carbonyl (C=O) groups is 2. The van der Waals surface area contributed by atoms with Crippen molar-refractivity contribution in [3.8, 4) is 0 Å². The molecule has 2 saturated heterocycles. The zero-order chi connectivity index (χ0) is 24.1. The first-order valence-corrected chi connectivity index (χ1v) is 13.0. The Morgan fingerprint density at radius 1 is 1.15 bits per heavy atom. The predicted molar refractivity (Wildman–Crippen MR) is 142 cm³/mol. The molecular weight excluding hydrogens is 511 g/mol. The second-order valence-electron chi connectivity index (χ2n) is 8.17. The molecule has 34 heavy (non-hydrogen) atoms. The van der Waals surface area contributed by atoms with E-state index in [2.05, 4.69) is 0 Å². The molecule has 0 radical (unpaired) electrons. The summed E-state index contributed by atoms with van der Waals surface area (Å²) in [5, 5.41) is 1.29. The van der Waals surface area contributed by atoms with Crippen LogP contribution in [0.5, 0.6) is 0 Å². The number of amides is 2. The fourth-order valence-electron chi connectivity index (χ4n) is 3.87. The van der Waals surface area contributed by atoms with Crippen molar-refractivity contribution in [2.75, 3.05) is 19.7 Å². The van der Waals surface area contributed by atoms with Gasteiger partial charge in [-0.2, -0.15) is 0 Å². The number of benzene rings is 2. The fourth-order valence-corrected chi connectivity index (χ4v) is 5.43. The van der Waals surface area contributed by atoms with Crippen LogP contribution in [0.4, 0.5) is 0 Å². The van der Waals surface area contributed by atoms with Crippen molar-refractivity contribution in [1.82, 2.24) is 9.80 Å². The highest BCUT2D eigenvalue weighted by Gasteiger charge is 2.33. The predicted octanol–water partition coefficient (Wildman–Crippen LogP) is 5.79. The topological polar surface area (TPSA) is 49.9 Å². The summed E-state index contributed by atoms with van der Waals surface area (Å²) < 4.78 is 6.22. The highest BCUT2D eigenvalue weighted by Crippen LogP contribution is 2.33. The number of rotatable bonds is 8. The molecule has 1 unspecified atom stereocenters. The minimum atomic E-state index is -0.180. The summed E-state index contributed by atoms with van der Waals surface area (Å²) in [7, 11) is 0. The number of nitrogens with zero attached hydrogens (tertiary/aromatic N) is 2. The van der Waals surface area contributed by atoms with Crippen LogP contribution in [-0.4, -0.2) is 51.7 Å². The van der Waals surface area contributed by atoms with Crippen molar-refractivity contribution in [1.29, 1.82) is 0 Å². The van der Waals surface area contributed by atoms with Gasteiger partial charge in [0.25, 0.3) is 5.91 Å². The van der Waals surface area contributed by atoms with E-state index in [9.17, 15) is 9.59 Å². The van der Waals surface area contributed by atoms with Crippen LogP contribution in [0.25, 0.3) is 6.08 Å². The molecule has 4 rings (SSSR count). The molecule has 0 saturated carbocycles. The third-order valence-electron chi connectivity index (χ3n) is 5.68. The van der Waals surface area contributed by atoms with E-state index >= 15 is 0 Å². The first kappa shape index (κ1) is 25.2. The highest BCUT2D eigenvalue weighted by atomic mass is 35.5. The van der Waals surface area contributed by atoms with Gasteiger partial charge in [-0.15, -0.1) is 0 Å². The van der Waals surface area contributed by atoms with Gasteiger partial charge in [-0.3, -0.25) is 14.5 Å². The van der Waals surface area contributed by atoms with Gasteiger partial charge in [0.2, 0.25) is 5.91 Å². The third-order valence-corrected chi connectivity index (χ3v) is 7.56. The first-order valence-electron chi connectivity index (χ1n) is 11.0. The van der Waals surface area contributed by atoms with Crippen LogP contribution in [-0.2, 0) is 20.9 Å². The second-order valence-corrected chi connectivity index (χ2v) is 10.7. The number of thioether (sulfide) groups is 1. The zero-order valence-electron chi connectivity index (χ0n) is 18.4. The Balaban J connectivity index is 1.40. The molecule has 5 nitrogen and oxygen atoms in total. The van der Waals surface area contributed by atoms with Crippen LogP contribution in [0.15, 0.2) is 53.4 Å². The van der Waals surface area contributed by atoms with E-state index in [1.165, 1.54) is 16.7 Å². The fraction of sp³-hybridized carbons (Fsp3) is 0.320. The van der Waals surface area contributed by atoms with Crippen molar-refractivity contribution in [2.24, 2.45) is 0 Å². The highest BCUT2D eigenvalue weighted by molar-refractivity contribution is 8.26. The Bertz CT molecular complexity index is 1080. The maximum absolute atomic E-state index is 13.2. The Morgan fingerprint density at radius 2 is 1.82 bits per heavy atom. The van der Waals surface area contributed by atoms with E-state index in [0.717, 1.165) is 30.6 Å². The molecule has 0 aliphatic carbocycles. The summed E-state index contributed by atoms with van der Waals surface area (Å²) in [4.78, 5) is 30.0. The Kier molecular flexibility index (Phi) is 8.66. The van der Waals surface area contributed by atoms with Gasteiger partial charge < -0.3 is 9.64 Å². The van der Waals surface area contributed by atoms with Gasteiger partial charge in [0.1, 0.15) is 4.32 Å². The molecule has 0 aromatic heterocycles. The number of thiocarbonyl (C=S) groups is 1. The van der Waals surface area contributed by atoms with E-state index in [-0.39, 0.29) is 30.9 Å². The van der Waals surface area contributed by atoms with Crippen LogP contribution in [0.2, 0.25) is 10.0 Å². The van der Waals surface area contributed by atoms with E-state index in [0.29, 0.717) is 32.4 Å². The summed E-state index contributed by atoms with van der Waals surface area (Å²) in [6.07, 6.45) is 3.96. The minimum Gasteiger partial charge on any atom is -0.376 e. The molecule has 2 amide bonds. The van der Waals surface area contributed by atoms with E-state index < -0.39 is 0 Å². The lowest BCUT2D eigenvalue weighted by Gasteiger charge is -2.26. The molecule has 2 heterocycles. The smallest absolute Gasteiger partial charge is 0.266 e. The van der Waals surface area contributed by atoms with E-state index in [4.69, 9.17) is 40.2 Å². The first-order chi connectivity index (χ1) is 16.4. The van der Waals surface area contributed by atoms with Gasteiger partial charge in [0.15, 0.2) is 0 Å². The summed E-state index contributed by atoms with van der Waals surface area (Å²) in [5.41, 5.74) is 1.86. The maximum Gasteiger partial charge on any atom is 0.266 e. The average molecular weight is 536 g/mol. The monoisotopic (exact) mass is 534 g/mol. The molecule has 0 N–H and O–H groups in total. The standard InChI is InChI=1S/C25H24Cl2N2O3S2/c26-19-7-3-17(4-8-19)14-22-24(31)29(25(33)34-22)12-11-23(30)28(16-21-2-1-13-32-21)15-18-5-9-20(27)10-6-18/h3-10,14,21H,1-2,11-13,15-16H2/b22-14-. The van der Waals surface area contributed by atoms with Crippen LogP contribution in [0.3, 0.4) is 0 Å². The second kappa shape index (κ2) is 11.7. The number of hydrogen-bond donors (Lipinski definition) is 0. The molecule has 2 fully saturated rings. The average Bonchev–Trinajstić information content (AvgIpc) is 3.42. The zero-order valence-corrected chi connectivity index (χ0v) is 21.6. The molecule has 0 spiro atoms. The van der Waals surface area contributed by atoms with E-state index in [1.54, 1.807) is 23.1 Å². The Morgan fingerprint density at radius 3 is 2.47 bits per heavy atom. The number of carbonyl (C=O) groups excluding carboxylic acids is 2. The minimum absolute atomic E-state index is 0.0372.